The Morgan fingerprint density at radius 2 is 1.89 bits per heavy atom. The van der Waals surface area contributed by atoms with Gasteiger partial charge in [-0.05, 0) is 35.9 Å². The summed E-state index contributed by atoms with van der Waals surface area (Å²) in [5.41, 5.74) is 2.30. The SMILES string of the molecule is Cc1ccccc1CCNC(=O)COC(=O)CCNS(=O)(=O)c1cccs1. The van der Waals surface area contributed by atoms with Crippen molar-refractivity contribution in [2.24, 2.45) is 0 Å². The predicted molar refractivity (Wildman–Crippen MR) is 103 cm³/mol. The van der Waals surface area contributed by atoms with Crippen molar-refractivity contribution >= 4 is 33.2 Å². The van der Waals surface area contributed by atoms with Gasteiger partial charge in [0, 0.05) is 13.1 Å². The fraction of sp³-hybridized carbons (Fsp3) is 0.333. The Labute approximate surface area is 162 Å². The Morgan fingerprint density at radius 1 is 1.11 bits per heavy atom. The molecule has 9 heteroatoms. The lowest BCUT2D eigenvalue weighted by Crippen LogP contribution is -2.31. The summed E-state index contributed by atoms with van der Waals surface area (Å²) < 4.78 is 31.1. The summed E-state index contributed by atoms with van der Waals surface area (Å²) in [7, 11) is -3.60. The van der Waals surface area contributed by atoms with Crippen LogP contribution in [0, 0.1) is 6.92 Å². The fourth-order valence-electron chi connectivity index (χ4n) is 2.27. The first-order valence-electron chi connectivity index (χ1n) is 8.38. The van der Waals surface area contributed by atoms with Gasteiger partial charge in [-0.25, -0.2) is 13.1 Å². The largest absolute Gasteiger partial charge is 0.456 e. The molecule has 0 saturated carbocycles. The highest BCUT2D eigenvalue weighted by atomic mass is 32.2. The number of ether oxygens (including phenoxy) is 1. The van der Waals surface area contributed by atoms with Gasteiger partial charge in [-0.15, -0.1) is 11.3 Å². The number of amides is 1. The molecule has 0 aliphatic heterocycles. The Kier molecular flexibility index (Phi) is 7.96. The van der Waals surface area contributed by atoms with Crippen LogP contribution in [-0.2, 0) is 30.8 Å². The monoisotopic (exact) mass is 410 g/mol. The molecule has 0 unspecified atom stereocenters. The first-order valence-corrected chi connectivity index (χ1v) is 10.7. The number of aryl methyl sites for hydroxylation is 1. The average Bonchev–Trinajstić information content (AvgIpc) is 3.17. The second kappa shape index (κ2) is 10.2. The first kappa shape index (κ1) is 21.1. The van der Waals surface area contributed by atoms with Gasteiger partial charge in [0.1, 0.15) is 4.21 Å². The number of sulfonamides is 1. The van der Waals surface area contributed by atoms with Gasteiger partial charge in [0.2, 0.25) is 10.0 Å². The van der Waals surface area contributed by atoms with E-state index in [1.165, 1.54) is 6.07 Å². The molecule has 0 saturated heterocycles. The van der Waals surface area contributed by atoms with Crippen LogP contribution in [0.1, 0.15) is 17.5 Å². The molecule has 0 aliphatic carbocycles. The van der Waals surface area contributed by atoms with Crippen molar-refractivity contribution in [2.75, 3.05) is 19.7 Å². The smallest absolute Gasteiger partial charge is 0.307 e. The number of hydrogen-bond donors (Lipinski definition) is 2. The zero-order valence-electron chi connectivity index (χ0n) is 14.9. The third-order valence-electron chi connectivity index (χ3n) is 3.72. The van der Waals surface area contributed by atoms with Crippen molar-refractivity contribution in [3.8, 4) is 0 Å². The van der Waals surface area contributed by atoms with Crippen molar-refractivity contribution in [3.05, 3.63) is 52.9 Å². The van der Waals surface area contributed by atoms with Crippen molar-refractivity contribution < 1.29 is 22.7 Å². The second-order valence-electron chi connectivity index (χ2n) is 5.77. The van der Waals surface area contributed by atoms with Gasteiger partial charge >= 0.3 is 5.97 Å². The third-order valence-corrected chi connectivity index (χ3v) is 6.58. The Bertz CT molecular complexity index is 864. The maximum atomic E-state index is 11.9. The van der Waals surface area contributed by atoms with Crippen molar-refractivity contribution in [2.45, 2.75) is 24.0 Å². The van der Waals surface area contributed by atoms with E-state index in [1.54, 1.807) is 11.4 Å². The van der Waals surface area contributed by atoms with E-state index in [4.69, 9.17) is 4.74 Å². The number of hydrogen-bond acceptors (Lipinski definition) is 6. The number of nitrogens with one attached hydrogen (secondary N) is 2. The molecule has 0 spiro atoms. The van der Waals surface area contributed by atoms with Gasteiger partial charge in [0.05, 0.1) is 6.42 Å². The van der Waals surface area contributed by atoms with E-state index >= 15 is 0 Å². The lowest BCUT2D eigenvalue weighted by molar-refractivity contribution is -0.148. The zero-order chi connectivity index (χ0) is 19.7. The summed E-state index contributed by atoms with van der Waals surface area (Å²) in [6, 6.07) is 11.0. The van der Waals surface area contributed by atoms with Crippen LogP contribution in [0.3, 0.4) is 0 Å². The van der Waals surface area contributed by atoms with Crippen LogP contribution in [0.25, 0.3) is 0 Å². The fourth-order valence-corrected chi connectivity index (χ4v) is 4.34. The second-order valence-corrected chi connectivity index (χ2v) is 8.71. The van der Waals surface area contributed by atoms with E-state index in [0.717, 1.165) is 22.5 Å². The number of rotatable bonds is 10. The number of benzene rings is 1. The number of carbonyl (C=O) groups excluding carboxylic acids is 2. The Balaban J connectivity index is 1.61. The van der Waals surface area contributed by atoms with E-state index in [1.807, 2.05) is 31.2 Å². The van der Waals surface area contributed by atoms with Crippen LogP contribution in [0.2, 0.25) is 0 Å². The molecule has 2 rings (SSSR count). The number of thiophene rings is 1. The molecule has 2 aromatic rings. The molecule has 146 valence electrons. The number of carbonyl (C=O) groups is 2. The lowest BCUT2D eigenvalue weighted by atomic mass is 10.1. The molecular weight excluding hydrogens is 388 g/mol. The van der Waals surface area contributed by atoms with Crippen LogP contribution in [0.5, 0.6) is 0 Å². The van der Waals surface area contributed by atoms with Crippen molar-refractivity contribution in [3.63, 3.8) is 0 Å². The highest BCUT2D eigenvalue weighted by molar-refractivity contribution is 7.91. The third kappa shape index (κ3) is 7.12. The van der Waals surface area contributed by atoms with Gasteiger partial charge in [-0.3, -0.25) is 9.59 Å². The standard InChI is InChI=1S/C18H22N2O5S2/c1-14-5-2-3-6-15(14)8-10-19-16(21)13-25-17(22)9-11-20-27(23,24)18-7-4-12-26-18/h2-7,12,20H,8-11,13H2,1H3,(H,19,21). The molecule has 0 aliphatic rings. The topological polar surface area (TPSA) is 102 Å². The molecule has 0 bridgehead atoms. The molecular formula is C18H22N2O5S2. The summed E-state index contributed by atoms with van der Waals surface area (Å²) in [6.45, 7) is 1.98. The van der Waals surface area contributed by atoms with Crippen LogP contribution in [0.15, 0.2) is 46.0 Å². The minimum Gasteiger partial charge on any atom is -0.456 e. The number of esters is 1. The summed E-state index contributed by atoms with van der Waals surface area (Å²) in [4.78, 5) is 23.3. The van der Waals surface area contributed by atoms with E-state index in [-0.39, 0.29) is 23.8 Å². The van der Waals surface area contributed by atoms with Gasteiger partial charge in [-0.2, -0.15) is 0 Å². The van der Waals surface area contributed by atoms with Crippen LogP contribution >= 0.6 is 11.3 Å². The van der Waals surface area contributed by atoms with Gasteiger partial charge < -0.3 is 10.1 Å². The summed E-state index contributed by atoms with van der Waals surface area (Å²) in [5.74, 6) is -1.03. The molecule has 1 heterocycles. The molecule has 7 nitrogen and oxygen atoms in total. The molecule has 1 aromatic heterocycles. The van der Waals surface area contributed by atoms with E-state index < -0.39 is 21.9 Å². The highest BCUT2D eigenvalue weighted by Gasteiger charge is 2.15. The first-order chi connectivity index (χ1) is 12.9. The average molecular weight is 411 g/mol. The Morgan fingerprint density at radius 3 is 2.59 bits per heavy atom. The zero-order valence-corrected chi connectivity index (χ0v) is 16.6. The maximum Gasteiger partial charge on any atom is 0.307 e. The molecule has 0 fully saturated rings. The lowest BCUT2D eigenvalue weighted by Gasteiger charge is -2.08. The molecule has 1 aromatic carbocycles. The van der Waals surface area contributed by atoms with E-state index in [0.29, 0.717) is 13.0 Å². The Hall–Kier alpha value is -2.23. The maximum absolute atomic E-state index is 11.9. The van der Waals surface area contributed by atoms with Crippen molar-refractivity contribution in [1.82, 2.24) is 10.0 Å². The highest BCUT2D eigenvalue weighted by Crippen LogP contribution is 2.15. The predicted octanol–water partition coefficient (Wildman–Crippen LogP) is 1.63. The van der Waals surface area contributed by atoms with Crippen LogP contribution in [0.4, 0.5) is 0 Å². The van der Waals surface area contributed by atoms with E-state index in [9.17, 15) is 18.0 Å². The van der Waals surface area contributed by atoms with Crippen LogP contribution < -0.4 is 10.0 Å². The van der Waals surface area contributed by atoms with Gasteiger partial charge in [0.15, 0.2) is 6.61 Å². The molecule has 27 heavy (non-hydrogen) atoms. The van der Waals surface area contributed by atoms with Crippen LogP contribution in [-0.4, -0.2) is 40.0 Å². The molecule has 1 amide bonds. The van der Waals surface area contributed by atoms with Crippen molar-refractivity contribution in [1.29, 1.82) is 0 Å². The van der Waals surface area contributed by atoms with Gasteiger partial charge in [0.25, 0.3) is 5.91 Å². The minimum absolute atomic E-state index is 0.0893. The molecule has 0 radical (unpaired) electrons. The normalized spacial score (nSPS) is 11.1. The summed E-state index contributed by atoms with van der Waals surface area (Å²) >= 11 is 1.09. The summed E-state index contributed by atoms with van der Waals surface area (Å²) in [6.07, 6.45) is 0.540. The molecule has 0 atom stereocenters. The quantitative estimate of drug-likeness (QED) is 0.580. The van der Waals surface area contributed by atoms with E-state index in [2.05, 4.69) is 10.0 Å². The minimum atomic E-state index is -3.60. The molecule has 2 N–H and O–H groups in total. The summed E-state index contributed by atoms with van der Waals surface area (Å²) in [5, 5.41) is 4.34. The van der Waals surface area contributed by atoms with Gasteiger partial charge in [-0.1, -0.05) is 30.3 Å².